The molecule has 0 aliphatic carbocycles. The van der Waals surface area contributed by atoms with E-state index < -0.39 is 0 Å². The number of carbonyl (C=O) groups is 1. The number of hydrogen-bond donors (Lipinski definition) is 3. The van der Waals surface area contributed by atoms with Gasteiger partial charge in [0, 0.05) is 55.9 Å². The zero-order valence-corrected chi connectivity index (χ0v) is 20.4. The maximum atomic E-state index is 11.7. The van der Waals surface area contributed by atoms with Gasteiger partial charge in [0.15, 0.2) is 0 Å². The van der Waals surface area contributed by atoms with Crippen molar-refractivity contribution in [3.05, 3.63) is 59.8 Å². The quantitative estimate of drug-likeness (QED) is 0.437. The normalized spacial score (nSPS) is 20.3. The molecule has 1 saturated heterocycles. The average molecular weight is 478 g/mol. The highest BCUT2D eigenvalue weighted by Crippen LogP contribution is 2.44. The fourth-order valence-electron chi connectivity index (χ4n) is 5.69. The Morgan fingerprint density at radius 1 is 1.14 bits per heavy atom. The number of carbonyl (C=O) groups excluding carboxylic acids is 1. The molecule has 1 atom stereocenters. The number of ether oxygens (including phenoxy) is 2. The van der Waals surface area contributed by atoms with Gasteiger partial charge in [-0.3, -0.25) is 14.6 Å². The fourth-order valence-corrected chi connectivity index (χ4v) is 5.69. The molecule has 1 fully saturated rings. The van der Waals surface area contributed by atoms with Gasteiger partial charge in [-0.1, -0.05) is 18.2 Å². The van der Waals surface area contributed by atoms with Gasteiger partial charge in [-0.05, 0) is 48.7 Å². The molecule has 186 valence electrons. The number of aromatic nitrogens is 1. The van der Waals surface area contributed by atoms with Crippen molar-refractivity contribution in [2.75, 3.05) is 59.5 Å². The molecule has 1 amide bonds. The van der Waals surface area contributed by atoms with E-state index in [4.69, 9.17) is 15.2 Å². The number of nitrogens with zero attached hydrogens (tertiary/aromatic N) is 2. The average Bonchev–Trinajstić information content (AvgIpc) is 3.48. The first-order chi connectivity index (χ1) is 17.1. The third kappa shape index (κ3) is 4.74. The zero-order chi connectivity index (χ0) is 24.3. The Hall–Kier alpha value is -3.07. The van der Waals surface area contributed by atoms with Gasteiger partial charge in [-0.15, -0.1) is 0 Å². The van der Waals surface area contributed by atoms with Gasteiger partial charge >= 0.3 is 0 Å². The molecule has 35 heavy (non-hydrogen) atoms. The van der Waals surface area contributed by atoms with Crippen LogP contribution < -0.4 is 20.5 Å². The van der Waals surface area contributed by atoms with Crippen molar-refractivity contribution in [2.45, 2.75) is 18.4 Å². The summed E-state index contributed by atoms with van der Waals surface area (Å²) in [4.78, 5) is 20.6. The van der Waals surface area contributed by atoms with Crippen LogP contribution >= 0.6 is 0 Å². The molecule has 8 nitrogen and oxygen atoms in total. The Bertz CT molecular complexity index is 1160. The van der Waals surface area contributed by atoms with E-state index in [1.165, 1.54) is 16.6 Å². The fraction of sp³-hybridized carbons (Fsp3) is 0.444. The molecule has 0 radical (unpaired) electrons. The second-order valence-corrected chi connectivity index (χ2v) is 9.40. The lowest BCUT2D eigenvalue weighted by molar-refractivity contribution is -0.119. The number of amides is 1. The Morgan fingerprint density at radius 3 is 2.80 bits per heavy atom. The number of rotatable bonds is 9. The highest BCUT2D eigenvalue weighted by Gasteiger charge is 2.48. The van der Waals surface area contributed by atoms with Crippen LogP contribution in [0, 0.1) is 0 Å². The lowest BCUT2D eigenvalue weighted by atomic mass is 9.84. The first-order valence-electron chi connectivity index (χ1n) is 12.4. The van der Waals surface area contributed by atoms with Gasteiger partial charge in [-0.2, -0.15) is 0 Å². The van der Waals surface area contributed by atoms with E-state index in [-0.39, 0.29) is 18.0 Å². The Kier molecular flexibility index (Phi) is 6.95. The molecule has 3 heterocycles. The number of nitrogens with two attached hydrogens (primary N) is 1. The Balaban J connectivity index is 1.38. The highest BCUT2D eigenvalue weighted by atomic mass is 16.5. The number of para-hydroxylation sites is 1. The molecule has 0 bridgehead atoms. The third-order valence-electron chi connectivity index (χ3n) is 7.45. The van der Waals surface area contributed by atoms with Crippen LogP contribution in [0.25, 0.3) is 10.9 Å². The summed E-state index contributed by atoms with van der Waals surface area (Å²) in [6.07, 6.45) is 1.99. The minimum atomic E-state index is -0.125. The molecular weight excluding hydrogens is 442 g/mol. The van der Waals surface area contributed by atoms with Crippen molar-refractivity contribution >= 4 is 16.8 Å². The molecule has 4 N–H and O–H groups in total. The van der Waals surface area contributed by atoms with E-state index in [1.54, 1.807) is 7.11 Å². The standard InChI is InChI=1S/C27H35N5O3/c1-34-21-7-8-24-23(17-21)22-9-12-32(14-11-29-25(33)18-28)27(26(22)30-24)10-13-31(19-27)15-16-35-20-5-3-2-4-6-20/h2-8,17,30H,9-16,18-19,28H2,1H3,(H,29,33). The predicted molar refractivity (Wildman–Crippen MR) is 137 cm³/mol. The summed E-state index contributed by atoms with van der Waals surface area (Å²) < 4.78 is 11.5. The van der Waals surface area contributed by atoms with Crippen LogP contribution in [0.2, 0.25) is 0 Å². The summed E-state index contributed by atoms with van der Waals surface area (Å²) in [6, 6.07) is 16.3. The van der Waals surface area contributed by atoms with Gasteiger partial charge in [0.05, 0.1) is 19.2 Å². The van der Waals surface area contributed by atoms with Crippen LogP contribution in [0.3, 0.4) is 0 Å². The monoisotopic (exact) mass is 477 g/mol. The SMILES string of the molecule is COc1ccc2[nH]c3c(c2c1)CCN(CCNC(=O)CN)C31CCN(CCOc2ccccc2)C1. The van der Waals surface area contributed by atoms with Crippen molar-refractivity contribution in [2.24, 2.45) is 5.73 Å². The molecule has 8 heteroatoms. The predicted octanol–water partition coefficient (Wildman–Crippen LogP) is 2.09. The maximum Gasteiger partial charge on any atom is 0.233 e. The summed E-state index contributed by atoms with van der Waals surface area (Å²) in [5.74, 6) is 1.68. The smallest absolute Gasteiger partial charge is 0.233 e. The second-order valence-electron chi connectivity index (χ2n) is 9.40. The van der Waals surface area contributed by atoms with E-state index in [0.29, 0.717) is 13.2 Å². The van der Waals surface area contributed by atoms with Crippen molar-refractivity contribution in [1.29, 1.82) is 0 Å². The molecule has 0 saturated carbocycles. The molecular formula is C27H35N5O3. The summed E-state index contributed by atoms with van der Waals surface area (Å²) >= 11 is 0. The van der Waals surface area contributed by atoms with Gasteiger partial charge in [0.1, 0.15) is 18.1 Å². The minimum Gasteiger partial charge on any atom is -0.497 e. The molecule has 1 unspecified atom stereocenters. The van der Waals surface area contributed by atoms with E-state index in [0.717, 1.165) is 62.6 Å². The topological polar surface area (TPSA) is 95.8 Å². The minimum absolute atomic E-state index is 0.0222. The summed E-state index contributed by atoms with van der Waals surface area (Å²) in [6.45, 7) is 5.81. The Morgan fingerprint density at radius 2 is 2.00 bits per heavy atom. The third-order valence-corrected chi connectivity index (χ3v) is 7.45. The molecule has 2 aliphatic heterocycles. The van der Waals surface area contributed by atoms with Gasteiger partial charge in [-0.25, -0.2) is 0 Å². The van der Waals surface area contributed by atoms with E-state index in [9.17, 15) is 4.79 Å². The van der Waals surface area contributed by atoms with E-state index in [1.807, 2.05) is 36.4 Å². The number of methoxy groups -OCH3 is 1. The lowest BCUT2D eigenvalue weighted by Crippen LogP contribution is -2.54. The van der Waals surface area contributed by atoms with Crippen LogP contribution in [-0.2, 0) is 16.8 Å². The molecule has 2 aromatic carbocycles. The number of aromatic amines is 1. The summed E-state index contributed by atoms with van der Waals surface area (Å²) in [7, 11) is 1.71. The van der Waals surface area contributed by atoms with Crippen molar-refractivity contribution in [3.8, 4) is 11.5 Å². The first-order valence-corrected chi connectivity index (χ1v) is 12.4. The van der Waals surface area contributed by atoms with E-state index >= 15 is 0 Å². The number of benzene rings is 2. The van der Waals surface area contributed by atoms with Crippen LogP contribution in [0.4, 0.5) is 0 Å². The first kappa shape index (κ1) is 23.7. The van der Waals surface area contributed by atoms with Crippen LogP contribution in [-0.4, -0.2) is 80.2 Å². The zero-order valence-electron chi connectivity index (χ0n) is 20.4. The van der Waals surface area contributed by atoms with Crippen LogP contribution in [0.1, 0.15) is 17.7 Å². The maximum absolute atomic E-state index is 11.7. The van der Waals surface area contributed by atoms with Crippen molar-refractivity contribution in [3.63, 3.8) is 0 Å². The number of hydrogen-bond acceptors (Lipinski definition) is 6. The van der Waals surface area contributed by atoms with Gasteiger partial charge in [0.2, 0.25) is 5.91 Å². The van der Waals surface area contributed by atoms with Crippen LogP contribution in [0.5, 0.6) is 11.5 Å². The number of fused-ring (bicyclic) bond motifs is 4. The number of nitrogens with one attached hydrogen (secondary N) is 2. The molecule has 5 rings (SSSR count). The number of H-pyrrole nitrogens is 1. The largest absolute Gasteiger partial charge is 0.497 e. The molecule has 1 spiro atoms. The Labute approximate surface area is 206 Å². The number of likely N-dealkylation sites (tertiary alicyclic amines) is 1. The van der Waals surface area contributed by atoms with Gasteiger partial charge < -0.3 is 25.5 Å². The van der Waals surface area contributed by atoms with Crippen LogP contribution in [0.15, 0.2) is 48.5 Å². The van der Waals surface area contributed by atoms with Crippen molar-refractivity contribution < 1.29 is 14.3 Å². The molecule has 3 aromatic rings. The summed E-state index contributed by atoms with van der Waals surface area (Å²) in [5.41, 5.74) is 9.21. The van der Waals surface area contributed by atoms with Crippen molar-refractivity contribution in [1.82, 2.24) is 20.1 Å². The van der Waals surface area contributed by atoms with Gasteiger partial charge in [0.25, 0.3) is 0 Å². The second kappa shape index (κ2) is 10.3. The van der Waals surface area contributed by atoms with E-state index in [2.05, 4.69) is 32.2 Å². The highest BCUT2D eigenvalue weighted by molar-refractivity contribution is 5.87. The molecule has 2 aliphatic rings. The summed E-state index contributed by atoms with van der Waals surface area (Å²) in [5, 5.41) is 4.20. The molecule has 1 aromatic heterocycles. The lowest BCUT2D eigenvalue weighted by Gasteiger charge is -2.45.